The number of hydrogen-bond donors (Lipinski definition) is 2. The van der Waals surface area contributed by atoms with Gasteiger partial charge in [0.2, 0.25) is 0 Å². The van der Waals surface area contributed by atoms with Crippen molar-refractivity contribution >= 4 is 6.16 Å². The number of aliphatic hydroxyl groups excluding tert-OH is 1. The lowest BCUT2D eigenvalue weighted by Crippen LogP contribution is -2.33. The molecule has 1 aliphatic rings. The Morgan fingerprint density at radius 2 is 2.12 bits per heavy atom. The van der Waals surface area contributed by atoms with Crippen LogP contribution in [0.15, 0.2) is 15.8 Å². The largest absolute Gasteiger partial charge is 0.508 e. The zero-order chi connectivity index (χ0) is 18.1. The minimum absolute atomic E-state index is 0.133. The van der Waals surface area contributed by atoms with Crippen molar-refractivity contribution < 1.29 is 24.1 Å². The van der Waals surface area contributed by atoms with Crippen LogP contribution < -0.4 is 11.2 Å². The van der Waals surface area contributed by atoms with E-state index < -0.39 is 41.4 Å². The molecular weight excluding hydrogens is 320 g/mol. The molecule has 1 fully saturated rings. The van der Waals surface area contributed by atoms with Crippen LogP contribution in [-0.2, 0) is 14.2 Å². The highest BCUT2D eigenvalue weighted by molar-refractivity contribution is 5.60. The molecule has 9 heteroatoms. The van der Waals surface area contributed by atoms with Gasteiger partial charge in [0, 0.05) is 18.2 Å². The third-order valence-corrected chi connectivity index (χ3v) is 3.42. The van der Waals surface area contributed by atoms with Gasteiger partial charge < -0.3 is 19.3 Å². The number of H-pyrrole nitrogens is 1. The van der Waals surface area contributed by atoms with E-state index in [1.165, 1.54) is 10.8 Å². The van der Waals surface area contributed by atoms with Crippen molar-refractivity contribution in [2.24, 2.45) is 0 Å². The van der Waals surface area contributed by atoms with E-state index in [2.05, 4.69) is 4.98 Å². The number of aryl methyl sites for hydroxylation is 1. The second-order valence-electron chi connectivity index (χ2n) is 6.69. The van der Waals surface area contributed by atoms with Crippen LogP contribution in [0.25, 0.3) is 0 Å². The molecule has 0 spiro atoms. The molecule has 0 saturated carbocycles. The predicted molar refractivity (Wildman–Crippen MR) is 82.8 cm³/mol. The summed E-state index contributed by atoms with van der Waals surface area (Å²) in [6, 6.07) is 0. The maximum Gasteiger partial charge on any atom is 0.508 e. The fourth-order valence-corrected chi connectivity index (χ4v) is 2.27. The summed E-state index contributed by atoms with van der Waals surface area (Å²) in [5, 5.41) is 10.0. The van der Waals surface area contributed by atoms with E-state index in [0.29, 0.717) is 5.56 Å². The van der Waals surface area contributed by atoms with Gasteiger partial charge in [0.25, 0.3) is 5.56 Å². The molecule has 0 radical (unpaired) electrons. The van der Waals surface area contributed by atoms with Crippen LogP contribution in [0, 0.1) is 6.92 Å². The Morgan fingerprint density at radius 1 is 1.46 bits per heavy atom. The highest BCUT2D eigenvalue weighted by Crippen LogP contribution is 2.28. The molecule has 24 heavy (non-hydrogen) atoms. The van der Waals surface area contributed by atoms with Gasteiger partial charge >= 0.3 is 11.8 Å². The Kier molecular flexibility index (Phi) is 5.14. The Balaban J connectivity index is 2.00. The lowest BCUT2D eigenvalue weighted by Gasteiger charge is -2.20. The third kappa shape index (κ3) is 4.45. The monoisotopic (exact) mass is 342 g/mol. The number of nitrogens with zero attached hydrogens (tertiary/aromatic N) is 1. The number of carbonyl (C=O) groups excluding carboxylic acids is 1. The summed E-state index contributed by atoms with van der Waals surface area (Å²) in [4.78, 5) is 37.0. The fourth-order valence-electron chi connectivity index (χ4n) is 2.27. The number of rotatable bonds is 3. The summed E-state index contributed by atoms with van der Waals surface area (Å²) in [7, 11) is 0. The van der Waals surface area contributed by atoms with Crippen LogP contribution in [0.3, 0.4) is 0 Å². The highest BCUT2D eigenvalue weighted by Gasteiger charge is 2.36. The Labute approximate surface area is 138 Å². The molecule has 1 saturated heterocycles. The quantitative estimate of drug-likeness (QED) is 0.765. The van der Waals surface area contributed by atoms with Crippen molar-refractivity contribution in [3.8, 4) is 0 Å². The lowest BCUT2D eigenvalue weighted by molar-refractivity contribution is -0.0695. The second-order valence-corrected chi connectivity index (χ2v) is 6.69. The predicted octanol–water partition coefficient (Wildman–Crippen LogP) is 0.445. The average Bonchev–Trinajstić information content (AvgIpc) is 2.80. The molecule has 1 aromatic rings. The molecule has 0 bridgehead atoms. The second kappa shape index (κ2) is 6.78. The van der Waals surface area contributed by atoms with Gasteiger partial charge in [-0.3, -0.25) is 14.3 Å². The van der Waals surface area contributed by atoms with Crippen molar-refractivity contribution in [3.05, 3.63) is 32.6 Å². The molecule has 134 valence electrons. The van der Waals surface area contributed by atoms with Gasteiger partial charge in [0.15, 0.2) is 0 Å². The maximum absolute atomic E-state index is 11.9. The summed E-state index contributed by atoms with van der Waals surface area (Å²) in [5.41, 5.74) is -1.44. The van der Waals surface area contributed by atoms with Crippen molar-refractivity contribution in [2.45, 2.75) is 58.2 Å². The topological polar surface area (TPSA) is 120 Å². The van der Waals surface area contributed by atoms with Crippen molar-refractivity contribution in [1.82, 2.24) is 9.55 Å². The smallest absolute Gasteiger partial charge is 0.431 e. The van der Waals surface area contributed by atoms with Gasteiger partial charge in [-0.2, -0.15) is 0 Å². The minimum atomic E-state index is -0.920. The van der Waals surface area contributed by atoms with Crippen molar-refractivity contribution in [1.29, 1.82) is 0 Å². The SMILES string of the molecule is Cc1cn(C2CC(O)C(COC(=O)OC(C)(C)C)O2)c(=O)[nH]c1=O. The zero-order valence-corrected chi connectivity index (χ0v) is 14.1. The van der Waals surface area contributed by atoms with E-state index in [1.807, 2.05) is 0 Å². The van der Waals surface area contributed by atoms with Gasteiger partial charge in [0.1, 0.15) is 24.5 Å². The average molecular weight is 342 g/mol. The molecule has 0 amide bonds. The van der Waals surface area contributed by atoms with Crippen LogP contribution in [-0.4, -0.2) is 45.2 Å². The third-order valence-electron chi connectivity index (χ3n) is 3.42. The van der Waals surface area contributed by atoms with Crippen LogP contribution >= 0.6 is 0 Å². The van der Waals surface area contributed by atoms with Gasteiger partial charge in [-0.25, -0.2) is 9.59 Å². The molecule has 0 aromatic carbocycles. The van der Waals surface area contributed by atoms with E-state index in [0.717, 1.165) is 0 Å². The number of aromatic nitrogens is 2. The molecule has 1 aromatic heterocycles. The van der Waals surface area contributed by atoms with Gasteiger partial charge in [-0.05, 0) is 27.7 Å². The van der Waals surface area contributed by atoms with Crippen LogP contribution in [0.1, 0.15) is 39.0 Å². The van der Waals surface area contributed by atoms with Crippen molar-refractivity contribution in [2.75, 3.05) is 6.61 Å². The number of carbonyl (C=O) groups is 1. The number of aliphatic hydroxyl groups is 1. The van der Waals surface area contributed by atoms with Crippen LogP contribution in [0.5, 0.6) is 0 Å². The summed E-state index contributed by atoms with van der Waals surface area (Å²) in [6.45, 7) is 6.47. The minimum Gasteiger partial charge on any atom is -0.431 e. The standard InChI is InChI=1S/C15H22N2O7/c1-8-6-17(13(20)16-12(8)19)11-5-9(18)10(23-11)7-22-14(21)24-15(2,3)4/h6,9-11,18H,5,7H2,1-4H3,(H,16,19,20). The van der Waals surface area contributed by atoms with Gasteiger partial charge in [-0.15, -0.1) is 0 Å². The summed E-state index contributed by atoms with van der Waals surface area (Å²) in [6.07, 6.45) is -1.82. The first-order valence-electron chi connectivity index (χ1n) is 7.58. The Morgan fingerprint density at radius 3 is 2.75 bits per heavy atom. The first-order valence-corrected chi connectivity index (χ1v) is 7.58. The molecule has 2 heterocycles. The van der Waals surface area contributed by atoms with E-state index >= 15 is 0 Å². The fraction of sp³-hybridized carbons (Fsp3) is 0.667. The lowest BCUT2D eigenvalue weighted by atomic mass is 10.2. The van der Waals surface area contributed by atoms with Crippen LogP contribution in [0.4, 0.5) is 4.79 Å². The summed E-state index contributed by atoms with van der Waals surface area (Å²) >= 11 is 0. The summed E-state index contributed by atoms with van der Waals surface area (Å²) < 4.78 is 16.7. The van der Waals surface area contributed by atoms with Crippen LogP contribution in [0.2, 0.25) is 0 Å². The molecule has 9 nitrogen and oxygen atoms in total. The van der Waals surface area contributed by atoms with E-state index in [4.69, 9.17) is 14.2 Å². The number of aromatic amines is 1. The highest BCUT2D eigenvalue weighted by atomic mass is 16.7. The molecule has 2 rings (SSSR count). The Hall–Kier alpha value is -2.13. The first-order chi connectivity index (χ1) is 11.1. The molecule has 3 atom stereocenters. The normalized spacial score (nSPS) is 24.0. The van der Waals surface area contributed by atoms with E-state index in [9.17, 15) is 19.5 Å². The summed E-state index contributed by atoms with van der Waals surface area (Å²) in [5.74, 6) is 0. The molecule has 1 aliphatic heterocycles. The maximum atomic E-state index is 11.9. The number of nitrogens with one attached hydrogen (secondary N) is 1. The van der Waals surface area contributed by atoms with Gasteiger partial charge in [0.05, 0.1) is 6.10 Å². The number of hydrogen-bond acceptors (Lipinski definition) is 7. The van der Waals surface area contributed by atoms with E-state index in [-0.39, 0.29) is 13.0 Å². The van der Waals surface area contributed by atoms with Crippen molar-refractivity contribution in [3.63, 3.8) is 0 Å². The number of ether oxygens (including phenoxy) is 3. The Bertz CT molecular complexity index is 716. The zero-order valence-electron chi connectivity index (χ0n) is 14.1. The molecule has 2 N–H and O–H groups in total. The molecular formula is C15H22N2O7. The van der Waals surface area contributed by atoms with E-state index in [1.54, 1.807) is 27.7 Å². The first kappa shape index (κ1) is 18.2. The molecule has 3 unspecified atom stereocenters. The molecule has 0 aliphatic carbocycles. The van der Waals surface area contributed by atoms with Gasteiger partial charge in [-0.1, -0.05) is 0 Å².